The quantitative estimate of drug-likeness (QED) is 0.404. The lowest BCUT2D eigenvalue weighted by Crippen LogP contribution is -2.33. The minimum atomic E-state index is -0.925. The maximum atomic E-state index is 12.7. The topological polar surface area (TPSA) is 122 Å². The summed E-state index contributed by atoms with van der Waals surface area (Å²) in [6.07, 6.45) is -1.19. The van der Waals surface area contributed by atoms with Gasteiger partial charge < -0.3 is 14.9 Å². The second-order valence-electron chi connectivity index (χ2n) is 7.71. The number of aliphatic hydroxyl groups excluding tert-OH is 2. The van der Waals surface area contributed by atoms with Crippen LogP contribution >= 0.6 is 0 Å². The summed E-state index contributed by atoms with van der Waals surface area (Å²) in [6, 6.07) is 12.7. The molecule has 3 N–H and O–H groups in total. The Morgan fingerprint density at radius 1 is 1.03 bits per heavy atom. The van der Waals surface area contributed by atoms with E-state index in [2.05, 4.69) is 16.8 Å². The van der Waals surface area contributed by atoms with Gasteiger partial charge in [0.2, 0.25) is 0 Å². The van der Waals surface area contributed by atoms with Crippen LogP contribution in [0, 0.1) is 11.8 Å². The Labute approximate surface area is 181 Å². The molecule has 2 heterocycles. The zero-order valence-electron chi connectivity index (χ0n) is 16.7. The number of hydrogen-bond acceptors (Lipinski definition) is 6. The van der Waals surface area contributed by atoms with Crippen molar-refractivity contribution in [3.63, 3.8) is 0 Å². The molecule has 160 valence electrons. The van der Waals surface area contributed by atoms with Crippen LogP contribution in [-0.4, -0.2) is 44.4 Å². The first-order chi connectivity index (χ1) is 15.5. The number of hydrogen-bond donors (Lipinski definition) is 3. The van der Waals surface area contributed by atoms with Crippen molar-refractivity contribution in [2.75, 3.05) is 6.61 Å². The number of nitrogens with zero attached hydrogens (tertiary/aromatic N) is 1. The van der Waals surface area contributed by atoms with Crippen LogP contribution in [0.1, 0.15) is 39.7 Å². The number of aromatic nitrogens is 2. The van der Waals surface area contributed by atoms with Gasteiger partial charge in [-0.3, -0.25) is 19.1 Å². The minimum Gasteiger partial charge on any atom is -0.394 e. The van der Waals surface area contributed by atoms with Crippen molar-refractivity contribution < 1.29 is 19.7 Å². The summed E-state index contributed by atoms with van der Waals surface area (Å²) in [5, 5.41) is 19.2. The molecule has 0 amide bonds. The molecule has 1 aliphatic carbocycles. The molecule has 8 heteroatoms. The largest absolute Gasteiger partial charge is 0.394 e. The molecule has 2 aliphatic rings. The van der Waals surface area contributed by atoms with Crippen molar-refractivity contribution in [3.05, 3.63) is 91.8 Å². The van der Waals surface area contributed by atoms with Gasteiger partial charge in [-0.25, -0.2) is 4.79 Å². The third-order valence-corrected chi connectivity index (χ3v) is 5.73. The number of carbonyl (C=O) groups excluding carboxylic acids is 1. The van der Waals surface area contributed by atoms with Crippen LogP contribution in [0.4, 0.5) is 0 Å². The number of ketones is 1. The summed E-state index contributed by atoms with van der Waals surface area (Å²) in [4.78, 5) is 39.4. The Bertz CT molecular complexity index is 1420. The molecule has 3 aromatic rings. The highest BCUT2D eigenvalue weighted by Gasteiger charge is 2.35. The molecule has 1 fully saturated rings. The average Bonchev–Trinajstić information content (AvgIpc) is 3.30. The van der Waals surface area contributed by atoms with Gasteiger partial charge in [0.25, 0.3) is 5.56 Å². The smallest absolute Gasteiger partial charge is 0.330 e. The molecule has 0 spiro atoms. The molecule has 0 saturated carbocycles. The Balaban J connectivity index is 1.48. The Morgan fingerprint density at radius 2 is 1.78 bits per heavy atom. The van der Waals surface area contributed by atoms with E-state index in [0.29, 0.717) is 16.7 Å². The monoisotopic (exact) mass is 430 g/mol. The van der Waals surface area contributed by atoms with Gasteiger partial charge in [0.15, 0.2) is 5.78 Å². The lowest BCUT2D eigenvalue weighted by atomic mass is 10.0. The first-order valence-electron chi connectivity index (χ1n) is 10.1. The van der Waals surface area contributed by atoms with Crippen LogP contribution in [0.15, 0.2) is 58.3 Å². The van der Waals surface area contributed by atoms with Gasteiger partial charge in [0.1, 0.15) is 17.9 Å². The third kappa shape index (κ3) is 3.29. The maximum Gasteiger partial charge on any atom is 0.330 e. The van der Waals surface area contributed by atoms with Gasteiger partial charge >= 0.3 is 5.69 Å². The molecule has 0 unspecified atom stereocenters. The molecular formula is C24H18N2O6. The maximum absolute atomic E-state index is 12.7. The molecule has 3 atom stereocenters. The van der Waals surface area contributed by atoms with Crippen molar-refractivity contribution in [3.8, 4) is 23.0 Å². The fourth-order valence-electron chi connectivity index (χ4n) is 4.08. The predicted octanol–water partition coefficient (Wildman–Crippen LogP) is 0.788. The van der Waals surface area contributed by atoms with Gasteiger partial charge in [-0.2, -0.15) is 0 Å². The predicted molar refractivity (Wildman–Crippen MR) is 114 cm³/mol. The molecule has 2 aromatic carbocycles. The summed E-state index contributed by atoms with van der Waals surface area (Å²) in [6.45, 7) is -0.386. The lowest BCUT2D eigenvalue weighted by molar-refractivity contribution is -0.0459. The van der Waals surface area contributed by atoms with Gasteiger partial charge in [-0.15, -0.1) is 0 Å². The van der Waals surface area contributed by atoms with Gasteiger partial charge in [-0.1, -0.05) is 42.2 Å². The van der Waals surface area contributed by atoms with Crippen LogP contribution in [0.25, 0.3) is 11.1 Å². The zero-order valence-corrected chi connectivity index (χ0v) is 16.7. The van der Waals surface area contributed by atoms with E-state index in [1.165, 1.54) is 6.20 Å². The average molecular weight is 430 g/mol. The van der Waals surface area contributed by atoms with E-state index in [1.54, 1.807) is 18.2 Å². The number of benzene rings is 2. The number of aliphatic hydroxyl groups is 2. The van der Waals surface area contributed by atoms with E-state index in [0.717, 1.165) is 15.7 Å². The standard InChI is InChI=1S/C24H18N2O6/c27-12-20-19(28)10-21(32-20)26-11-14(23(30)25-24(26)31)7-5-13-6-8-16-15-3-1-2-4-17(15)22(29)18(16)9-13/h1-4,6,8-9,11,19-21,27-28H,10,12H2,(H,25,30,31)/t19-,20+,21+/m0/s1. The summed E-state index contributed by atoms with van der Waals surface area (Å²) < 4.78 is 6.64. The SMILES string of the molecule is O=C1c2ccccc2-c2ccc(C#Cc3cn([C@H]4C[C@H](O)[C@@H](CO)O4)c(=O)[nH]c3=O)cc21. The van der Waals surface area contributed by atoms with E-state index < -0.39 is 29.7 Å². The number of nitrogens with one attached hydrogen (secondary N) is 1. The fourth-order valence-corrected chi connectivity index (χ4v) is 4.08. The fraction of sp³-hybridized carbons (Fsp3) is 0.208. The Hall–Kier alpha value is -3.77. The third-order valence-electron chi connectivity index (χ3n) is 5.73. The molecule has 1 saturated heterocycles. The van der Waals surface area contributed by atoms with Gasteiger partial charge in [-0.05, 0) is 23.3 Å². The van der Waals surface area contributed by atoms with E-state index >= 15 is 0 Å². The normalized spacial score (nSPS) is 21.1. The summed E-state index contributed by atoms with van der Waals surface area (Å²) in [7, 11) is 0. The van der Waals surface area contributed by atoms with E-state index in [4.69, 9.17) is 4.74 Å². The van der Waals surface area contributed by atoms with Crippen LogP contribution < -0.4 is 11.2 Å². The summed E-state index contributed by atoms with van der Waals surface area (Å²) in [5.41, 5.74) is 2.17. The van der Waals surface area contributed by atoms with Crippen molar-refractivity contribution in [1.29, 1.82) is 0 Å². The lowest BCUT2D eigenvalue weighted by Gasteiger charge is -2.14. The molecule has 0 bridgehead atoms. The summed E-state index contributed by atoms with van der Waals surface area (Å²) in [5.74, 6) is 5.56. The Kier molecular flexibility index (Phi) is 4.87. The second kappa shape index (κ2) is 7.73. The van der Waals surface area contributed by atoms with E-state index in [9.17, 15) is 24.6 Å². The minimum absolute atomic E-state index is 0.0326. The molecule has 5 rings (SSSR count). The molecular weight excluding hydrogens is 412 g/mol. The van der Waals surface area contributed by atoms with Crippen molar-refractivity contribution in [1.82, 2.24) is 9.55 Å². The highest BCUT2D eigenvalue weighted by molar-refractivity contribution is 6.21. The number of rotatable bonds is 2. The van der Waals surface area contributed by atoms with Gasteiger partial charge in [0, 0.05) is 29.3 Å². The van der Waals surface area contributed by atoms with Gasteiger partial charge in [0.05, 0.1) is 12.7 Å². The van der Waals surface area contributed by atoms with Crippen molar-refractivity contribution >= 4 is 5.78 Å². The van der Waals surface area contributed by atoms with E-state index in [-0.39, 0.29) is 24.4 Å². The number of ether oxygens (including phenoxy) is 1. The van der Waals surface area contributed by atoms with Crippen LogP contribution in [-0.2, 0) is 4.74 Å². The first-order valence-corrected chi connectivity index (χ1v) is 10.1. The number of fused-ring (bicyclic) bond motifs is 3. The molecule has 32 heavy (non-hydrogen) atoms. The number of carbonyl (C=O) groups is 1. The first kappa shape index (κ1) is 20.2. The van der Waals surface area contributed by atoms with E-state index in [1.807, 2.05) is 24.3 Å². The Morgan fingerprint density at radius 3 is 2.53 bits per heavy atom. The molecule has 8 nitrogen and oxygen atoms in total. The zero-order chi connectivity index (χ0) is 22.4. The summed E-state index contributed by atoms with van der Waals surface area (Å²) >= 11 is 0. The second-order valence-corrected chi connectivity index (χ2v) is 7.71. The van der Waals surface area contributed by atoms with Crippen LogP contribution in [0.3, 0.4) is 0 Å². The van der Waals surface area contributed by atoms with Crippen molar-refractivity contribution in [2.24, 2.45) is 0 Å². The molecule has 0 radical (unpaired) electrons. The highest BCUT2D eigenvalue weighted by Crippen LogP contribution is 2.36. The number of aromatic amines is 1. The van der Waals surface area contributed by atoms with Crippen LogP contribution in [0.2, 0.25) is 0 Å². The highest BCUT2D eigenvalue weighted by atomic mass is 16.5. The van der Waals surface area contributed by atoms with Crippen LogP contribution in [0.5, 0.6) is 0 Å². The van der Waals surface area contributed by atoms with Crippen molar-refractivity contribution in [2.45, 2.75) is 24.9 Å². The number of H-pyrrole nitrogens is 1. The molecule has 1 aromatic heterocycles. The molecule has 1 aliphatic heterocycles.